The standard InChI is InChI=1S/C12H16BrNO4S/c1-8(2)7-14-19(16,17)9-4-5-11(13)10(6-9)12(15)18-3/h4-6,8,14H,7H2,1-3H3. The highest BCUT2D eigenvalue weighted by molar-refractivity contribution is 9.10. The number of methoxy groups -OCH3 is 1. The number of hydrogen-bond acceptors (Lipinski definition) is 4. The third kappa shape index (κ3) is 4.29. The van der Waals surface area contributed by atoms with Gasteiger partial charge >= 0.3 is 5.97 Å². The molecule has 19 heavy (non-hydrogen) atoms. The highest BCUT2D eigenvalue weighted by Crippen LogP contribution is 2.21. The maximum atomic E-state index is 12.0. The van der Waals surface area contributed by atoms with Crippen LogP contribution in [-0.2, 0) is 14.8 Å². The summed E-state index contributed by atoms with van der Waals surface area (Å²) in [6.07, 6.45) is 0. The Hall–Kier alpha value is -0.920. The van der Waals surface area contributed by atoms with Crippen molar-refractivity contribution in [1.82, 2.24) is 4.72 Å². The van der Waals surface area contributed by atoms with E-state index < -0.39 is 16.0 Å². The van der Waals surface area contributed by atoms with Gasteiger partial charge in [-0.1, -0.05) is 13.8 Å². The normalized spacial score (nSPS) is 11.6. The first-order valence-corrected chi connectivity index (χ1v) is 7.93. The summed E-state index contributed by atoms with van der Waals surface area (Å²) in [7, 11) is -2.37. The summed E-state index contributed by atoms with van der Waals surface area (Å²) in [5.41, 5.74) is 0.176. The Morgan fingerprint density at radius 1 is 1.42 bits per heavy atom. The van der Waals surface area contributed by atoms with Gasteiger partial charge in [-0.15, -0.1) is 0 Å². The maximum absolute atomic E-state index is 12.0. The zero-order chi connectivity index (χ0) is 14.6. The molecule has 0 radical (unpaired) electrons. The number of carbonyl (C=O) groups excluding carboxylic acids is 1. The smallest absolute Gasteiger partial charge is 0.339 e. The van der Waals surface area contributed by atoms with Crippen molar-refractivity contribution < 1.29 is 17.9 Å². The van der Waals surface area contributed by atoms with Crippen LogP contribution in [0.4, 0.5) is 0 Å². The summed E-state index contributed by atoms with van der Waals surface area (Å²) in [6.45, 7) is 4.15. The largest absolute Gasteiger partial charge is 0.465 e. The molecule has 0 fully saturated rings. The fourth-order valence-electron chi connectivity index (χ4n) is 1.30. The van der Waals surface area contributed by atoms with Crippen molar-refractivity contribution in [2.24, 2.45) is 5.92 Å². The quantitative estimate of drug-likeness (QED) is 0.826. The second kappa shape index (κ2) is 6.49. The lowest BCUT2D eigenvalue weighted by Crippen LogP contribution is -2.27. The topological polar surface area (TPSA) is 72.5 Å². The molecule has 0 unspecified atom stereocenters. The fourth-order valence-corrected chi connectivity index (χ4v) is 2.95. The van der Waals surface area contributed by atoms with E-state index in [-0.39, 0.29) is 16.4 Å². The molecule has 0 saturated carbocycles. The van der Waals surface area contributed by atoms with Crippen LogP contribution in [0.25, 0.3) is 0 Å². The van der Waals surface area contributed by atoms with Crippen LogP contribution < -0.4 is 4.72 Å². The molecule has 0 aliphatic rings. The minimum atomic E-state index is -3.61. The molecule has 0 bridgehead atoms. The maximum Gasteiger partial charge on any atom is 0.339 e. The van der Waals surface area contributed by atoms with Gasteiger partial charge in [0.15, 0.2) is 0 Å². The minimum absolute atomic E-state index is 0.0387. The predicted octanol–water partition coefficient (Wildman–Crippen LogP) is 2.17. The number of carbonyl (C=O) groups is 1. The third-order valence-corrected chi connectivity index (χ3v) is 4.45. The molecule has 1 aromatic carbocycles. The van der Waals surface area contributed by atoms with Crippen LogP contribution in [0.5, 0.6) is 0 Å². The van der Waals surface area contributed by atoms with E-state index in [0.29, 0.717) is 11.0 Å². The number of esters is 1. The zero-order valence-corrected chi connectivity index (χ0v) is 13.3. The van der Waals surface area contributed by atoms with Gasteiger partial charge in [-0.05, 0) is 40.0 Å². The first-order valence-electron chi connectivity index (χ1n) is 5.65. The lowest BCUT2D eigenvalue weighted by Gasteiger charge is -2.10. The average Bonchev–Trinajstić information content (AvgIpc) is 2.36. The van der Waals surface area contributed by atoms with E-state index >= 15 is 0 Å². The van der Waals surface area contributed by atoms with Gasteiger partial charge in [0.2, 0.25) is 10.0 Å². The number of ether oxygens (including phenoxy) is 1. The van der Waals surface area contributed by atoms with Crippen LogP contribution in [0.1, 0.15) is 24.2 Å². The molecule has 0 heterocycles. The predicted molar refractivity (Wildman–Crippen MR) is 75.5 cm³/mol. The molecular formula is C12H16BrNO4S. The van der Waals surface area contributed by atoms with Gasteiger partial charge in [-0.25, -0.2) is 17.9 Å². The van der Waals surface area contributed by atoms with E-state index in [4.69, 9.17) is 0 Å². The third-order valence-electron chi connectivity index (χ3n) is 2.34. The van der Waals surface area contributed by atoms with E-state index in [1.54, 1.807) is 0 Å². The number of nitrogens with one attached hydrogen (secondary N) is 1. The molecule has 0 atom stereocenters. The summed E-state index contributed by atoms with van der Waals surface area (Å²) in [5.74, 6) is -0.391. The average molecular weight is 350 g/mol. The van der Waals surface area contributed by atoms with Gasteiger partial charge in [0.25, 0.3) is 0 Å². The summed E-state index contributed by atoms with van der Waals surface area (Å²) in [5, 5.41) is 0. The van der Waals surface area contributed by atoms with E-state index in [2.05, 4.69) is 25.4 Å². The van der Waals surface area contributed by atoms with Crippen molar-refractivity contribution in [3.8, 4) is 0 Å². The highest BCUT2D eigenvalue weighted by atomic mass is 79.9. The molecule has 1 aromatic rings. The first-order chi connectivity index (χ1) is 8.77. The molecule has 0 spiro atoms. The van der Waals surface area contributed by atoms with Crippen LogP contribution in [0.15, 0.2) is 27.6 Å². The van der Waals surface area contributed by atoms with Crippen LogP contribution >= 0.6 is 15.9 Å². The molecule has 0 aromatic heterocycles. The van der Waals surface area contributed by atoms with Crippen LogP contribution in [0, 0.1) is 5.92 Å². The molecule has 1 N–H and O–H groups in total. The Morgan fingerprint density at radius 3 is 2.58 bits per heavy atom. The van der Waals surface area contributed by atoms with Crippen LogP contribution in [-0.4, -0.2) is 28.0 Å². The molecule has 0 amide bonds. The van der Waals surface area contributed by atoms with Crippen molar-refractivity contribution in [3.63, 3.8) is 0 Å². The van der Waals surface area contributed by atoms with E-state index in [9.17, 15) is 13.2 Å². The van der Waals surface area contributed by atoms with Gasteiger partial charge in [-0.3, -0.25) is 0 Å². The molecule has 106 valence electrons. The Kier molecular flexibility index (Phi) is 5.51. The zero-order valence-electron chi connectivity index (χ0n) is 10.9. The Balaban J connectivity index is 3.11. The van der Waals surface area contributed by atoms with E-state index in [0.717, 1.165) is 0 Å². The Bertz CT molecular complexity index is 569. The first kappa shape index (κ1) is 16.1. The molecular weight excluding hydrogens is 334 g/mol. The van der Waals surface area contributed by atoms with Crippen molar-refractivity contribution in [1.29, 1.82) is 0 Å². The second-order valence-corrected chi connectivity index (χ2v) is 7.00. The number of hydrogen-bond donors (Lipinski definition) is 1. The molecule has 1 rings (SSSR count). The van der Waals surface area contributed by atoms with Gasteiger partial charge in [0, 0.05) is 11.0 Å². The second-order valence-electron chi connectivity index (χ2n) is 4.38. The van der Waals surface area contributed by atoms with E-state index in [1.807, 2.05) is 13.8 Å². The molecule has 0 aliphatic carbocycles. The van der Waals surface area contributed by atoms with Crippen molar-refractivity contribution >= 4 is 31.9 Å². The molecule has 5 nitrogen and oxygen atoms in total. The number of sulfonamides is 1. The van der Waals surface area contributed by atoms with Crippen LogP contribution in [0.2, 0.25) is 0 Å². The van der Waals surface area contributed by atoms with Crippen molar-refractivity contribution in [3.05, 3.63) is 28.2 Å². The number of benzene rings is 1. The summed E-state index contributed by atoms with van der Waals surface area (Å²) in [6, 6.07) is 4.23. The molecule has 7 heteroatoms. The molecule has 0 aliphatic heterocycles. The van der Waals surface area contributed by atoms with Crippen molar-refractivity contribution in [2.75, 3.05) is 13.7 Å². The molecule has 0 saturated heterocycles. The Morgan fingerprint density at radius 2 is 2.05 bits per heavy atom. The number of halogens is 1. The SMILES string of the molecule is COC(=O)c1cc(S(=O)(=O)NCC(C)C)ccc1Br. The minimum Gasteiger partial charge on any atom is -0.465 e. The summed E-state index contributed by atoms with van der Waals surface area (Å²) < 4.78 is 31.6. The van der Waals surface area contributed by atoms with Gasteiger partial charge < -0.3 is 4.74 Å². The lowest BCUT2D eigenvalue weighted by molar-refractivity contribution is 0.0599. The Labute approximate surface area is 121 Å². The van der Waals surface area contributed by atoms with Crippen molar-refractivity contribution in [2.45, 2.75) is 18.7 Å². The van der Waals surface area contributed by atoms with Gasteiger partial charge in [0.1, 0.15) is 0 Å². The summed E-state index contributed by atoms with van der Waals surface area (Å²) >= 11 is 3.18. The lowest BCUT2D eigenvalue weighted by atomic mass is 10.2. The van der Waals surface area contributed by atoms with E-state index in [1.165, 1.54) is 25.3 Å². The fraction of sp³-hybridized carbons (Fsp3) is 0.417. The highest BCUT2D eigenvalue weighted by Gasteiger charge is 2.18. The van der Waals surface area contributed by atoms with Gasteiger partial charge in [0.05, 0.1) is 17.6 Å². The monoisotopic (exact) mass is 349 g/mol. The summed E-state index contributed by atoms with van der Waals surface area (Å²) in [4.78, 5) is 11.6. The van der Waals surface area contributed by atoms with Gasteiger partial charge in [-0.2, -0.15) is 0 Å². The van der Waals surface area contributed by atoms with Crippen LogP contribution in [0.3, 0.4) is 0 Å². The number of rotatable bonds is 5.